The van der Waals surface area contributed by atoms with Gasteiger partial charge in [0.15, 0.2) is 0 Å². The van der Waals surface area contributed by atoms with Crippen molar-refractivity contribution in [3.05, 3.63) is 35.9 Å². The number of nitrogens with one attached hydrogen (secondary N) is 1. The Morgan fingerprint density at radius 2 is 1.86 bits per heavy atom. The van der Waals surface area contributed by atoms with Crippen LogP contribution in [0.5, 0.6) is 0 Å². The minimum atomic E-state index is -0.00948. The molecule has 0 aromatic heterocycles. The fourth-order valence-electron chi connectivity index (χ4n) is 2.77. The van der Waals surface area contributed by atoms with Gasteiger partial charge in [0.1, 0.15) is 0 Å². The molecular weight excluding hydrogens is 260 g/mol. The van der Waals surface area contributed by atoms with E-state index in [1.165, 1.54) is 38.0 Å². The molecule has 1 aliphatic rings. The summed E-state index contributed by atoms with van der Waals surface area (Å²) in [5, 5.41) is 12.9. The van der Waals surface area contributed by atoms with Crippen LogP contribution in [0.15, 0.2) is 30.3 Å². The van der Waals surface area contributed by atoms with Crippen molar-refractivity contribution in [3.63, 3.8) is 0 Å². The standard InChI is InChI=1S/C18H30N2O/c1-18(2,15-21)14-19-17-9-12-20(13-10-17)11-8-16-6-4-3-5-7-16/h3-7,17,19,21H,8-15H2,1-2H3. The Hall–Kier alpha value is -0.900. The van der Waals surface area contributed by atoms with E-state index >= 15 is 0 Å². The first-order chi connectivity index (χ1) is 10.1. The lowest BCUT2D eigenvalue weighted by molar-refractivity contribution is 0.141. The predicted octanol–water partition coefficient (Wildman–Crippen LogP) is 2.30. The molecule has 1 saturated heterocycles. The first kappa shape index (κ1) is 16.5. The summed E-state index contributed by atoms with van der Waals surface area (Å²) in [6, 6.07) is 11.4. The lowest BCUT2D eigenvalue weighted by Gasteiger charge is -2.34. The normalized spacial score (nSPS) is 18.0. The van der Waals surface area contributed by atoms with Crippen LogP contribution in [0.3, 0.4) is 0 Å². The van der Waals surface area contributed by atoms with E-state index in [1.807, 2.05) is 0 Å². The Kier molecular flexibility index (Phi) is 6.22. The highest BCUT2D eigenvalue weighted by Crippen LogP contribution is 2.15. The van der Waals surface area contributed by atoms with Gasteiger partial charge in [-0.2, -0.15) is 0 Å². The SMILES string of the molecule is CC(C)(CO)CNC1CCN(CCc2ccccc2)CC1. The molecular formula is C18H30N2O. The molecule has 0 aliphatic carbocycles. The first-order valence-electron chi connectivity index (χ1n) is 8.19. The Morgan fingerprint density at radius 3 is 2.48 bits per heavy atom. The van der Waals surface area contributed by atoms with Gasteiger partial charge in [-0.1, -0.05) is 44.2 Å². The highest BCUT2D eigenvalue weighted by atomic mass is 16.3. The zero-order valence-electron chi connectivity index (χ0n) is 13.5. The third-order valence-corrected chi connectivity index (χ3v) is 4.44. The van der Waals surface area contributed by atoms with Crippen molar-refractivity contribution in [2.75, 3.05) is 32.8 Å². The minimum absolute atomic E-state index is 0.00948. The molecule has 1 fully saturated rings. The molecule has 0 bridgehead atoms. The maximum absolute atomic E-state index is 9.30. The summed E-state index contributed by atoms with van der Waals surface area (Å²) in [6.07, 6.45) is 3.59. The number of benzene rings is 1. The van der Waals surface area contributed by atoms with E-state index < -0.39 is 0 Å². The molecule has 2 rings (SSSR count). The quantitative estimate of drug-likeness (QED) is 0.809. The summed E-state index contributed by atoms with van der Waals surface area (Å²) >= 11 is 0. The van der Waals surface area contributed by atoms with Crippen LogP contribution >= 0.6 is 0 Å². The van der Waals surface area contributed by atoms with E-state index in [1.54, 1.807) is 0 Å². The number of rotatable bonds is 7. The second-order valence-electron chi connectivity index (χ2n) is 7.05. The fourth-order valence-corrected chi connectivity index (χ4v) is 2.77. The van der Waals surface area contributed by atoms with Crippen LogP contribution in [0.4, 0.5) is 0 Å². The van der Waals surface area contributed by atoms with Crippen LogP contribution < -0.4 is 5.32 Å². The lowest BCUT2D eigenvalue weighted by Crippen LogP contribution is -2.46. The second-order valence-corrected chi connectivity index (χ2v) is 7.05. The molecule has 21 heavy (non-hydrogen) atoms. The van der Waals surface area contributed by atoms with Gasteiger partial charge in [-0.25, -0.2) is 0 Å². The molecule has 1 aromatic carbocycles. The summed E-state index contributed by atoms with van der Waals surface area (Å²) in [6.45, 7) is 8.89. The number of hydrogen-bond donors (Lipinski definition) is 2. The van der Waals surface area contributed by atoms with Gasteiger partial charge in [-0.3, -0.25) is 0 Å². The predicted molar refractivity (Wildman–Crippen MR) is 88.5 cm³/mol. The molecule has 0 radical (unpaired) electrons. The third kappa shape index (κ3) is 5.77. The minimum Gasteiger partial charge on any atom is -0.396 e. The summed E-state index contributed by atoms with van der Waals surface area (Å²) in [4.78, 5) is 2.57. The Bertz CT molecular complexity index is 397. The first-order valence-corrected chi connectivity index (χ1v) is 8.19. The van der Waals surface area contributed by atoms with Crippen molar-refractivity contribution < 1.29 is 5.11 Å². The lowest BCUT2D eigenvalue weighted by atomic mass is 9.93. The highest BCUT2D eigenvalue weighted by Gasteiger charge is 2.22. The summed E-state index contributed by atoms with van der Waals surface area (Å²) in [7, 11) is 0. The van der Waals surface area contributed by atoms with Crippen molar-refractivity contribution in [2.45, 2.75) is 39.2 Å². The summed E-state index contributed by atoms with van der Waals surface area (Å²) < 4.78 is 0. The molecule has 0 atom stereocenters. The van der Waals surface area contributed by atoms with Gasteiger partial charge >= 0.3 is 0 Å². The van der Waals surface area contributed by atoms with Gasteiger partial charge in [0.25, 0.3) is 0 Å². The van der Waals surface area contributed by atoms with Gasteiger partial charge in [0.2, 0.25) is 0 Å². The largest absolute Gasteiger partial charge is 0.396 e. The molecule has 0 spiro atoms. The van der Waals surface area contributed by atoms with Crippen LogP contribution in [0.1, 0.15) is 32.3 Å². The molecule has 0 saturated carbocycles. The molecule has 3 heteroatoms. The molecule has 0 amide bonds. The van der Waals surface area contributed by atoms with Crippen LogP contribution in [0, 0.1) is 5.41 Å². The van der Waals surface area contributed by atoms with Gasteiger partial charge in [-0.15, -0.1) is 0 Å². The topological polar surface area (TPSA) is 35.5 Å². The fraction of sp³-hybridized carbons (Fsp3) is 0.667. The molecule has 1 heterocycles. The van der Waals surface area contributed by atoms with E-state index in [2.05, 4.69) is 54.4 Å². The Morgan fingerprint density at radius 1 is 1.19 bits per heavy atom. The Labute approximate surface area is 129 Å². The van der Waals surface area contributed by atoms with E-state index in [4.69, 9.17) is 0 Å². The second kappa shape index (κ2) is 7.92. The van der Waals surface area contributed by atoms with Crippen molar-refractivity contribution >= 4 is 0 Å². The molecule has 0 unspecified atom stereocenters. The third-order valence-electron chi connectivity index (χ3n) is 4.44. The number of aliphatic hydroxyl groups is 1. The zero-order valence-corrected chi connectivity index (χ0v) is 13.5. The Balaban J connectivity index is 1.64. The molecule has 2 N–H and O–H groups in total. The summed E-state index contributed by atoms with van der Waals surface area (Å²) in [5.74, 6) is 0. The van der Waals surface area contributed by atoms with Crippen molar-refractivity contribution in [1.82, 2.24) is 10.2 Å². The van der Waals surface area contributed by atoms with Gasteiger partial charge in [-0.05, 0) is 37.9 Å². The van der Waals surface area contributed by atoms with Crippen LogP contribution in [0.2, 0.25) is 0 Å². The average molecular weight is 290 g/mol. The highest BCUT2D eigenvalue weighted by molar-refractivity contribution is 5.14. The molecule has 1 aromatic rings. The summed E-state index contributed by atoms with van der Waals surface area (Å²) in [5.41, 5.74) is 1.42. The van der Waals surface area contributed by atoms with E-state index in [-0.39, 0.29) is 12.0 Å². The number of nitrogens with zero attached hydrogens (tertiary/aromatic N) is 1. The zero-order chi connectivity index (χ0) is 15.1. The number of hydrogen-bond acceptors (Lipinski definition) is 3. The number of likely N-dealkylation sites (tertiary alicyclic amines) is 1. The smallest absolute Gasteiger partial charge is 0.0494 e. The van der Waals surface area contributed by atoms with Crippen molar-refractivity contribution in [2.24, 2.45) is 5.41 Å². The molecule has 3 nitrogen and oxygen atoms in total. The molecule has 118 valence electrons. The van der Waals surface area contributed by atoms with Gasteiger partial charge in [0, 0.05) is 31.2 Å². The monoisotopic (exact) mass is 290 g/mol. The van der Waals surface area contributed by atoms with Crippen LogP contribution in [0.25, 0.3) is 0 Å². The molecule has 1 aliphatic heterocycles. The number of aliphatic hydroxyl groups excluding tert-OH is 1. The van der Waals surface area contributed by atoms with E-state index in [0.29, 0.717) is 6.04 Å². The van der Waals surface area contributed by atoms with Crippen molar-refractivity contribution in [3.8, 4) is 0 Å². The number of piperidine rings is 1. The van der Waals surface area contributed by atoms with Crippen LogP contribution in [-0.4, -0.2) is 48.8 Å². The maximum atomic E-state index is 9.30. The van der Waals surface area contributed by atoms with Crippen LogP contribution in [-0.2, 0) is 6.42 Å². The van der Waals surface area contributed by atoms with Crippen molar-refractivity contribution in [1.29, 1.82) is 0 Å². The average Bonchev–Trinajstić information content (AvgIpc) is 2.53. The van der Waals surface area contributed by atoms with Gasteiger partial charge in [0.05, 0.1) is 0 Å². The van der Waals surface area contributed by atoms with E-state index in [0.717, 1.165) is 13.0 Å². The maximum Gasteiger partial charge on any atom is 0.0494 e. The van der Waals surface area contributed by atoms with E-state index in [9.17, 15) is 5.11 Å². The van der Waals surface area contributed by atoms with Gasteiger partial charge < -0.3 is 15.3 Å².